The van der Waals surface area contributed by atoms with Crippen molar-refractivity contribution in [3.8, 4) is 0 Å². The average molecular weight is 363 g/mol. The van der Waals surface area contributed by atoms with Crippen LogP contribution in [0.5, 0.6) is 0 Å². The molecule has 0 fully saturated rings. The van der Waals surface area contributed by atoms with E-state index < -0.39 is 27.9 Å². The van der Waals surface area contributed by atoms with E-state index >= 15 is 0 Å². The lowest BCUT2D eigenvalue weighted by Gasteiger charge is -2.09. The molecule has 2 aromatic rings. The number of nitrogens with two attached hydrogens (primary N) is 1. The summed E-state index contributed by atoms with van der Waals surface area (Å²) in [5.41, 5.74) is 4.82. The maximum atomic E-state index is 12.2. The largest absolute Gasteiger partial charge is 0.478 e. The molecule has 3 amide bonds. The number of hydrogen-bond donors (Lipinski definition) is 4. The molecule has 0 radical (unpaired) electrons. The van der Waals surface area contributed by atoms with Crippen molar-refractivity contribution in [1.82, 2.24) is 4.72 Å². The van der Waals surface area contributed by atoms with E-state index in [4.69, 9.17) is 10.8 Å². The maximum absolute atomic E-state index is 12.2. The number of nitrogens with one attached hydrogen (secondary N) is 2. The van der Waals surface area contributed by atoms with Crippen molar-refractivity contribution >= 4 is 33.6 Å². The van der Waals surface area contributed by atoms with E-state index in [9.17, 15) is 22.8 Å². The van der Waals surface area contributed by atoms with Gasteiger partial charge in [0.1, 0.15) is 0 Å². The fourth-order valence-corrected chi connectivity index (χ4v) is 2.85. The van der Waals surface area contributed by atoms with Crippen molar-refractivity contribution in [3.63, 3.8) is 0 Å². The van der Waals surface area contributed by atoms with E-state index in [1.165, 1.54) is 36.4 Å². The van der Waals surface area contributed by atoms with Crippen molar-refractivity contribution in [2.45, 2.75) is 4.90 Å². The van der Waals surface area contributed by atoms with Crippen LogP contribution in [0.2, 0.25) is 0 Å². The van der Waals surface area contributed by atoms with Crippen LogP contribution < -0.4 is 15.8 Å². The van der Waals surface area contributed by atoms with Crippen LogP contribution in [0.3, 0.4) is 0 Å². The number of anilines is 1. The third-order valence-corrected chi connectivity index (χ3v) is 4.42. The number of carboxylic acid groups (broad SMARTS) is 1. The molecular formula is C15H13N3O6S. The molecule has 0 spiro atoms. The molecule has 0 aliphatic heterocycles. The van der Waals surface area contributed by atoms with E-state index in [0.29, 0.717) is 0 Å². The first-order valence-corrected chi connectivity index (χ1v) is 8.25. The molecule has 25 heavy (non-hydrogen) atoms. The zero-order valence-electron chi connectivity index (χ0n) is 12.6. The molecule has 5 N–H and O–H groups in total. The minimum absolute atomic E-state index is 0.0397. The van der Waals surface area contributed by atoms with Gasteiger partial charge in [-0.1, -0.05) is 12.1 Å². The minimum Gasteiger partial charge on any atom is -0.478 e. The number of carbonyl (C=O) groups is 3. The Kier molecular flexibility index (Phi) is 5.03. The normalized spacial score (nSPS) is 10.7. The number of urea groups is 1. The lowest BCUT2D eigenvalue weighted by atomic mass is 10.1. The average Bonchev–Trinajstić information content (AvgIpc) is 2.54. The molecule has 0 atom stereocenters. The summed E-state index contributed by atoms with van der Waals surface area (Å²) in [6.07, 6.45) is 0. The molecule has 0 bridgehead atoms. The molecule has 2 aromatic carbocycles. The third-order valence-electron chi connectivity index (χ3n) is 3.06. The lowest BCUT2D eigenvalue weighted by Crippen LogP contribution is -2.34. The van der Waals surface area contributed by atoms with Crippen LogP contribution in [-0.2, 0) is 10.0 Å². The molecule has 9 nitrogen and oxygen atoms in total. The number of carboxylic acids is 1. The van der Waals surface area contributed by atoms with E-state index in [-0.39, 0.29) is 21.7 Å². The van der Waals surface area contributed by atoms with Gasteiger partial charge in [-0.15, -0.1) is 0 Å². The predicted molar refractivity (Wildman–Crippen MR) is 87.7 cm³/mol. The first kappa shape index (κ1) is 17.9. The fraction of sp³-hybridized carbons (Fsp3) is 0. The number of amides is 3. The summed E-state index contributed by atoms with van der Waals surface area (Å²) in [5.74, 6) is -1.91. The van der Waals surface area contributed by atoms with Crippen molar-refractivity contribution in [2.75, 3.05) is 5.32 Å². The summed E-state index contributed by atoms with van der Waals surface area (Å²) >= 11 is 0. The van der Waals surface area contributed by atoms with Gasteiger partial charge in [0.2, 0.25) is 0 Å². The monoisotopic (exact) mass is 363 g/mol. The Balaban J connectivity index is 2.21. The number of sulfonamides is 1. The third kappa shape index (κ3) is 4.32. The SMILES string of the molecule is NC(=O)NS(=O)(=O)c1ccc(NC(=O)c2ccccc2C(=O)O)cc1. The van der Waals surface area contributed by atoms with E-state index in [1.54, 1.807) is 4.72 Å². The summed E-state index contributed by atoms with van der Waals surface area (Å²) < 4.78 is 25.1. The van der Waals surface area contributed by atoms with Crippen LogP contribution in [0.25, 0.3) is 0 Å². The zero-order valence-corrected chi connectivity index (χ0v) is 13.4. The second kappa shape index (κ2) is 7.01. The molecule has 0 saturated carbocycles. The van der Waals surface area contributed by atoms with Gasteiger partial charge < -0.3 is 16.2 Å². The van der Waals surface area contributed by atoms with Gasteiger partial charge in [0, 0.05) is 5.69 Å². The molecule has 0 aliphatic carbocycles. The van der Waals surface area contributed by atoms with E-state index in [2.05, 4.69) is 5.32 Å². The lowest BCUT2D eigenvalue weighted by molar-refractivity contribution is 0.0692. The number of rotatable bonds is 5. The summed E-state index contributed by atoms with van der Waals surface area (Å²) in [6, 6.07) is 9.33. The van der Waals surface area contributed by atoms with Crippen LogP contribution >= 0.6 is 0 Å². The number of hydrogen-bond acceptors (Lipinski definition) is 5. The van der Waals surface area contributed by atoms with Crippen LogP contribution in [0.15, 0.2) is 53.4 Å². The Hall–Kier alpha value is -3.40. The smallest absolute Gasteiger partial charge is 0.336 e. The van der Waals surface area contributed by atoms with Crippen LogP contribution in [0.1, 0.15) is 20.7 Å². The summed E-state index contributed by atoms with van der Waals surface area (Å²) in [6.45, 7) is 0. The number of carbonyl (C=O) groups excluding carboxylic acids is 2. The molecular weight excluding hydrogens is 350 g/mol. The topological polar surface area (TPSA) is 156 Å². The Bertz CT molecular complexity index is 938. The van der Waals surface area contributed by atoms with Crippen molar-refractivity contribution in [2.24, 2.45) is 5.73 Å². The van der Waals surface area contributed by atoms with E-state index in [0.717, 1.165) is 12.1 Å². The van der Waals surface area contributed by atoms with Gasteiger partial charge in [0.25, 0.3) is 15.9 Å². The van der Waals surface area contributed by atoms with E-state index in [1.807, 2.05) is 0 Å². The summed E-state index contributed by atoms with van der Waals surface area (Å²) in [5, 5.41) is 11.6. The summed E-state index contributed by atoms with van der Waals surface area (Å²) in [7, 11) is -4.09. The standard InChI is InChI=1S/C15H13N3O6S/c16-15(22)18-25(23,24)10-7-5-9(6-8-10)17-13(19)11-3-1-2-4-12(11)14(20)21/h1-8H,(H,17,19)(H,20,21)(H3,16,18,22). The summed E-state index contributed by atoms with van der Waals surface area (Å²) in [4.78, 5) is 33.8. The molecule has 0 heterocycles. The molecule has 2 rings (SSSR count). The predicted octanol–water partition coefficient (Wildman–Crippen LogP) is 0.994. The van der Waals surface area contributed by atoms with Crippen LogP contribution in [0.4, 0.5) is 10.5 Å². The molecule has 10 heteroatoms. The number of aromatic carboxylic acids is 1. The Morgan fingerprint density at radius 2 is 1.48 bits per heavy atom. The Morgan fingerprint density at radius 1 is 0.920 bits per heavy atom. The fourth-order valence-electron chi connectivity index (χ4n) is 1.97. The zero-order chi connectivity index (χ0) is 18.6. The second-order valence-corrected chi connectivity index (χ2v) is 6.48. The second-order valence-electron chi connectivity index (χ2n) is 4.80. The Morgan fingerprint density at radius 3 is 2.00 bits per heavy atom. The van der Waals surface area contributed by atoms with Crippen molar-refractivity contribution < 1.29 is 27.9 Å². The molecule has 0 aliphatic rings. The number of primary amides is 1. The molecule has 130 valence electrons. The molecule has 0 unspecified atom stereocenters. The van der Waals surface area contributed by atoms with Crippen molar-refractivity contribution in [3.05, 3.63) is 59.7 Å². The highest BCUT2D eigenvalue weighted by atomic mass is 32.2. The molecule has 0 saturated heterocycles. The Labute approximate surface area is 142 Å². The van der Waals surface area contributed by atoms with Gasteiger partial charge in [-0.2, -0.15) is 0 Å². The van der Waals surface area contributed by atoms with Gasteiger partial charge in [0.05, 0.1) is 16.0 Å². The quantitative estimate of drug-likeness (QED) is 0.621. The highest BCUT2D eigenvalue weighted by Crippen LogP contribution is 2.16. The van der Waals surface area contributed by atoms with Crippen LogP contribution in [-0.4, -0.2) is 31.4 Å². The first-order valence-electron chi connectivity index (χ1n) is 6.76. The van der Waals surface area contributed by atoms with Crippen LogP contribution in [0, 0.1) is 0 Å². The van der Waals surface area contributed by atoms with Gasteiger partial charge in [-0.3, -0.25) is 4.79 Å². The maximum Gasteiger partial charge on any atom is 0.336 e. The highest BCUT2D eigenvalue weighted by molar-refractivity contribution is 7.90. The van der Waals surface area contributed by atoms with Gasteiger partial charge >= 0.3 is 12.0 Å². The van der Waals surface area contributed by atoms with Gasteiger partial charge in [0.15, 0.2) is 0 Å². The minimum atomic E-state index is -4.09. The van der Waals surface area contributed by atoms with Crippen molar-refractivity contribution in [1.29, 1.82) is 0 Å². The van der Waals surface area contributed by atoms with Gasteiger partial charge in [-0.05, 0) is 36.4 Å². The number of benzene rings is 2. The molecule has 0 aromatic heterocycles. The van der Waals surface area contributed by atoms with Gasteiger partial charge in [-0.25, -0.2) is 22.7 Å². The highest BCUT2D eigenvalue weighted by Gasteiger charge is 2.18. The first-order chi connectivity index (χ1) is 11.7.